The second kappa shape index (κ2) is 15.1. The molecule has 2 unspecified atom stereocenters. The quantitative estimate of drug-likeness (QED) is 0.197. The van der Waals surface area contributed by atoms with Gasteiger partial charge in [-0.2, -0.15) is 33.7 Å². The van der Waals surface area contributed by atoms with Gasteiger partial charge in [-0.15, -0.1) is 0 Å². The van der Waals surface area contributed by atoms with Gasteiger partial charge in [0.25, 0.3) is 40.5 Å². The Morgan fingerprint density at radius 1 is 0.346 bits per heavy atom. The number of hydrogen-bond donors (Lipinski definition) is 2. The lowest BCUT2D eigenvalue weighted by atomic mass is 9.85. The molecular weight excluding hydrogens is 761 g/mol. The summed E-state index contributed by atoms with van der Waals surface area (Å²) >= 11 is 0. The molecular formula is C34H36O14S4. The molecule has 1 aliphatic rings. The van der Waals surface area contributed by atoms with Crippen molar-refractivity contribution in [2.24, 2.45) is 0 Å². The van der Waals surface area contributed by atoms with E-state index in [0.29, 0.717) is 22.3 Å². The van der Waals surface area contributed by atoms with Gasteiger partial charge in [0.2, 0.25) is 0 Å². The van der Waals surface area contributed by atoms with Gasteiger partial charge >= 0.3 is 0 Å². The molecule has 1 fully saturated rings. The molecule has 4 aromatic rings. The van der Waals surface area contributed by atoms with Crippen molar-refractivity contribution in [3.8, 4) is 0 Å². The van der Waals surface area contributed by atoms with Crippen molar-refractivity contribution in [3.63, 3.8) is 0 Å². The fourth-order valence-electron chi connectivity index (χ4n) is 5.23. The Morgan fingerprint density at radius 2 is 0.538 bits per heavy atom. The second-order valence-electron chi connectivity index (χ2n) is 12.3. The first kappa shape index (κ1) is 39.6. The summed E-state index contributed by atoms with van der Waals surface area (Å²) in [4.78, 5) is -1.84. The molecule has 0 heterocycles. The largest absolute Gasteiger partial charge is 0.387 e. The average Bonchev–Trinajstić information content (AvgIpc) is 3.07. The van der Waals surface area contributed by atoms with E-state index >= 15 is 0 Å². The van der Waals surface area contributed by atoms with Crippen LogP contribution in [0.25, 0.3) is 0 Å². The Morgan fingerprint density at radius 3 is 0.769 bits per heavy atom. The van der Waals surface area contributed by atoms with Gasteiger partial charge < -0.3 is 10.2 Å². The van der Waals surface area contributed by atoms with Gasteiger partial charge in [-0.3, -0.25) is 16.7 Å². The molecule has 0 saturated heterocycles. The van der Waals surface area contributed by atoms with Crippen LogP contribution >= 0.6 is 0 Å². The molecule has 0 bridgehead atoms. The van der Waals surface area contributed by atoms with E-state index in [1.54, 1.807) is 27.7 Å². The van der Waals surface area contributed by atoms with E-state index in [4.69, 9.17) is 16.7 Å². The van der Waals surface area contributed by atoms with Gasteiger partial charge in [0.05, 0.1) is 19.6 Å². The van der Waals surface area contributed by atoms with Crippen LogP contribution in [0.3, 0.4) is 0 Å². The van der Waals surface area contributed by atoms with E-state index in [1.807, 2.05) is 0 Å². The van der Waals surface area contributed by atoms with E-state index in [-0.39, 0.29) is 0 Å². The maximum atomic E-state index is 13.7. The molecule has 280 valence electrons. The highest BCUT2D eigenvalue weighted by Gasteiger charge is 2.58. The third-order valence-electron chi connectivity index (χ3n) is 8.18. The van der Waals surface area contributed by atoms with E-state index in [2.05, 4.69) is 0 Å². The minimum Gasteiger partial charge on any atom is -0.387 e. The summed E-state index contributed by atoms with van der Waals surface area (Å²) in [6, 6.07) is 20.6. The zero-order valence-corrected chi connectivity index (χ0v) is 31.4. The van der Waals surface area contributed by atoms with Crippen LogP contribution in [-0.2, 0) is 57.2 Å². The van der Waals surface area contributed by atoms with Crippen LogP contribution in [0.1, 0.15) is 22.3 Å². The van der Waals surface area contributed by atoms with Crippen molar-refractivity contribution in [3.05, 3.63) is 119 Å². The molecule has 6 atom stereocenters. The van der Waals surface area contributed by atoms with Crippen LogP contribution in [0.15, 0.2) is 117 Å². The maximum absolute atomic E-state index is 13.7. The highest BCUT2D eigenvalue weighted by atomic mass is 32.2. The molecule has 2 N–H and O–H groups in total. The van der Waals surface area contributed by atoms with Gasteiger partial charge in [0.15, 0.2) is 0 Å². The molecule has 14 nitrogen and oxygen atoms in total. The minimum absolute atomic E-state index is 0.438. The Bertz CT molecular complexity index is 2230. The molecule has 52 heavy (non-hydrogen) atoms. The fourth-order valence-corrected chi connectivity index (χ4v) is 9.61. The number of aliphatic hydroxyl groups excluding tert-OH is 2. The van der Waals surface area contributed by atoms with Crippen molar-refractivity contribution in [2.45, 2.75) is 83.9 Å². The molecule has 5 rings (SSSR count). The average molecular weight is 797 g/mol. The highest BCUT2D eigenvalue weighted by molar-refractivity contribution is 7.87. The van der Waals surface area contributed by atoms with Crippen LogP contribution in [-0.4, -0.2) is 80.5 Å². The number of benzene rings is 4. The summed E-state index contributed by atoms with van der Waals surface area (Å²) in [5.41, 5.74) is 2.66. The summed E-state index contributed by atoms with van der Waals surface area (Å²) in [6.07, 6.45) is -14.8. The zero-order valence-electron chi connectivity index (χ0n) is 28.1. The Labute approximate surface area is 303 Å². The third-order valence-corrected chi connectivity index (χ3v) is 13.5. The van der Waals surface area contributed by atoms with E-state index in [0.717, 1.165) is 48.5 Å². The predicted molar refractivity (Wildman–Crippen MR) is 185 cm³/mol. The lowest BCUT2D eigenvalue weighted by molar-refractivity contribution is -0.193. The fraction of sp³-hybridized carbons (Fsp3) is 0.294. The molecule has 18 heteroatoms. The van der Waals surface area contributed by atoms with Crippen molar-refractivity contribution >= 4 is 40.5 Å². The van der Waals surface area contributed by atoms with E-state index in [1.165, 1.54) is 48.5 Å². The van der Waals surface area contributed by atoms with Crippen LogP contribution in [0, 0.1) is 27.7 Å². The maximum Gasteiger partial charge on any atom is 0.297 e. The minimum atomic E-state index is -4.97. The third kappa shape index (κ3) is 8.79. The molecule has 0 amide bonds. The van der Waals surface area contributed by atoms with Gasteiger partial charge in [-0.1, -0.05) is 70.8 Å². The first-order valence-electron chi connectivity index (χ1n) is 15.6. The number of aliphatic hydroxyl groups is 2. The van der Waals surface area contributed by atoms with Crippen LogP contribution in [0.4, 0.5) is 0 Å². The van der Waals surface area contributed by atoms with Crippen molar-refractivity contribution in [2.75, 3.05) is 0 Å². The molecule has 0 aliphatic heterocycles. The first-order valence-corrected chi connectivity index (χ1v) is 21.2. The summed E-state index contributed by atoms with van der Waals surface area (Å²) < 4.78 is 130. The van der Waals surface area contributed by atoms with E-state index in [9.17, 15) is 43.9 Å². The Balaban J connectivity index is 1.67. The van der Waals surface area contributed by atoms with Gasteiger partial charge in [-0.25, -0.2) is 0 Å². The van der Waals surface area contributed by atoms with Crippen LogP contribution in [0.2, 0.25) is 0 Å². The second-order valence-corrected chi connectivity index (χ2v) is 18.6. The van der Waals surface area contributed by atoms with Crippen LogP contribution in [0.5, 0.6) is 0 Å². The number of hydrogen-bond acceptors (Lipinski definition) is 14. The normalized spacial score (nSPS) is 23.0. The molecule has 0 aromatic heterocycles. The Hall–Kier alpha value is -3.56. The van der Waals surface area contributed by atoms with Gasteiger partial charge in [0, 0.05) is 0 Å². The molecule has 1 aliphatic carbocycles. The summed E-state index contributed by atoms with van der Waals surface area (Å²) in [5.74, 6) is 0. The topological polar surface area (TPSA) is 214 Å². The zero-order chi connectivity index (χ0) is 38.2. The Kier molecular flexibility index (Phi) is 11.5. The molecule has 0 radical (unpaired) electrons. The number of rotatable bonds is 12. The lowest BCUT2D eigenvalue weighted by Crippen LogP contribution is -2.67. The molecule has 0 spiro atoms. The van der Waals surface area contributed by atoms with Crippen molar-refractivity contribution < 1.29 is 60.6 Å². The molecule has 1 saturated carbocycles. The predicted octanol–water partition coefficient (Wildman–Crippen LogP) is 3.05. The smallest absolute Gasteiger partial charge is 0.297 e. The van der Waals surface area contributed by atoms with E-state index < -0.39 is 96.7 Å². The number of aryl methyl sites for hydroxylation is 4. The van der Waals surface area contributed by atoms with Gasteiger partial charge in [-0.05, 0) is 76.2 Å². The SMILES string of the molecule is Cc1ccc(S(=O)(=O)OC2[C@@H](O)[C@@H](OS(=O)(=O)c3ccc(C)cc3)C(OS(=O)(=O)c3ccc(C)cc3)[C@H](OS(=O)(=O)c3ccc(C)cc3)[C@H]2O)cc1. The van der Waals surface area contributed by atoms with Crippen molar-refractivity contribution in [1.29, 1.82) is 0 Å². The summed E-state index contributed by atoms with van der Waals surface area (Å²) in [6.45, 7) is 6.71. The molecule has 4 aromatic carbocycles. The summed E-state index contributed by atoms with van der Waals surface area (Å²) in [7, 11) is -19.8. The summed E-state index contributed by atoms with van der Waals surface area (Å²) in [5, 5.41) is 23.3. The van der Waals surface area contributed by atoms with Crippen LogP contribution < -0.4 is 0 Å². The highest BCUT2D eigenvalue weighted by Crippen LogP contribution is 2.37. The van der Waals surface area contributed by atoms with Gasteiger partial charge in [0.1, 0.15) is 36.6 Å². The monoisotopic (exact) mass is 796 g/mol. The van der Waals surface area contributed by atoms with Crippen molar-refractivity contribution in [1.82, 2.24) is 0 Å². The standard InChI is InChI=1S/C34H36O14S4/c1-21-5-13-25(14-6-21)49(37,38)45-31-29(35)32(46-50(39,40)26-15-7-22(2)8-16-26)34(48-52(43,44)28-19-11-24(4)12-20-28)33(30(31)36)47-51(41,42)27-17-9-23(3)10-18-27/h5-20,29-36H,1-4H3/t29-,30+,31?,32-,33-,34?/m1/s1. The first-order chi connectivity index (χ1) is 24.2. The lowest BCUT2D eigenvalue weighted by Gasteiger charge is -2.44.